The molecule has 6 nitrogen and oxygen atoms in total. The van der Waals surface area contributed by atoms with E-state index in [1.807, 2.05) is 0 Å². The van der Waals surface area contributed by atoms with Crippen LogP contribution in [-0.2, 0) is 11.2 Å². The Morgan fingerprint density at radius 1 is 1.55 bits per heavy atom. The van der Waals surface area contributed by atoms with Gasteiger partial charge in [-0.1, -0.05) is 24.6 Å². The van der Waals surface area contributed by atoms with E-state index in [1.54, 1.807) is 0 Å². The number of non-ortho nitro benzene ring substituents is 1. The summed E-state index contributed by atoms with van der Waals surface area (Å²) in [6, 6.07) is 4.33. The van der Waals surface area contributed by atoms with Gasteiger partial charge in [-0.15, -0.1) is 12.4 Å². The lowest BCUT2D eigenvalue weighted by Crippen LogP contribution is -2.48. The van der Waals surface area contributed by atoms with E-state index in [9.17, 15) is 14.9 Å². The third kappa shape index (κ3) is 4.83. The number of nitro benzene ring substituents is 1. The second-order valence-electron chi connectivity index (χ2n) is 5.35. The first-order valence-electron chi connectivity index (χ1n) is 6.90. The van der Waals surface area contributed by atoms with Crippen LogP contribution in [0.15, 0.2) is 18.2 Å². The van der Waals surface area contributed by atoms with Crippen molar-refractivity contribution in [2.75, 3.05) is 13.1 Å². The summed E-state index contributed by atoms with van der Waals surface area (Å²) in [7, 11) is 0. The standard InChI is InChI=1S/C14H18ClN3O3.ClH/c1-9-8-16-5-4-13(9)17-14(19)6-10-2-3-11(18(20)21)7-12(10)15;/h2-3,7,9,13,16H,4-6,8H2,1H3,(H,17,19);1H. The number of hydrogen-bond donors (Lipinski definition) is 2. The second kappa shape index (κ2) is 8.31. The van der Waals surface area contributed by atoms with Crippen LogP contribution in [0.1, 0.15) is 18.9 Å². The van der Waals surface area contributed by atoms with Crippen LogP contribution in [0.25, 0.3) is 0 Å². The number of rotatable bonds is 4. The predicted octanol–water partition coefficient (Wildman–Crippen LogP) is 2.33. The fraction of sp³-hybridized carbons (Fsp3) is 0.500. The molecule has 1 aromatic rings. The Morgan fingerprint density at radius 3 is 2.86 bits per heavy atom. The molecular formula is C14H19Cl2N3O3. The molecule has 0 radical (unpaired) electrons. The number of amides is 1. The average Bonchev–Trinajstić information content (AvgIpc) is 2.43. The zero-order chi connectivity index (χ0) is 15.4. The van der Waals surface area contributed by atoms with Crippen LogP contribution < -0.4 is 10.6 Å². The molecule has 1 fully saturated rings. The van der Waals surface area contributed by atoms with Gasteiger partial charge in [0.15, 0.2) is 0 Å². The minimum absolute atomic E-state index is 0. The molecule has 1 heterocycles. The van der Waals surface area contributed by atoms with Crippen LogP contribution >= 0.6 is 24.0 Å². The van der Waals surface area contributed by atoms with Crippen molar-refractivity contribution in [3.8, 4) is 0 Å². The summed E-state index contributed by atoms with van der Waals surface area (Å²) in [5.41, 5.74) is 0.525. The minimum atomic E-state index is -0.508. The largest absolute Gasteiger partial charge is 0.353 e. The highest BCUT2D eigenvalue weighted by Gasteiger charge is 2.23. The number of carbonyl (C=O) groups excluding carboxylic acids is 1. The van der Waals surface area contributed by atoms with Crippen molar-refractivity contribution in [2.45, 2.75) is 25.8 Å². The third-order valence-corrected chi connectivity index (χ3v) is 4.08. The molecule has 1 aliphatic heterocycles. The highest BCUT2D eigenvalue weighted by Crippen LogP contribution is 2.23. The summed E-state index contributed by atoms with van der Waals surface area (Å²) in [6.07, 6.45) is 1.04. The molecule has 1 amide bonds. The molecule has 0 saturated carbocycles. The normalized spacial score (nSPS) is 20.8. The fourth-order valence-corrected chi connectivity index (χ4v) is 2.69. The number of hydrogen-bond acceptors (Lipinski definition) is 4. The smallest absolute Gasteiger partial charge is 0.270 e. The van der Waals surface area contributed by atoms with E-state index >= 15 is 0 Å². The molecule has 1 saturated heterocycles. The van der Waals surface area contributed by atoms with E-state index < -0.39 is 4.92 Å². The average molecular weight is 348 g/mol. The number of carbonyl (C=O) groups is 1. The molecule has 1 aliphatic rings. The molecule has 122 valence electrons. The van der Waals surface area contributed by atoms with Crippen molar-refractivity contribution in [3.63, 3.8) is 0 Å². The summed E-state index contributed by atoms with van der Waals surface area (Å²) in [5, 5.41) is 17.2. The lowest BCUT2D eigenvalue weighted by molar-refractivity contribution is -0.384. The molecule has 2 unspecified atom stereocenters. The lowest BCUT2D eigenvalue weighted by atomic mass is 9.95. The molecule has 1 aromatic carbocycles. The number of nitrogens with zero attached hydrogens (tertiary/aromatic N) is 1. The summed E-state index contributed by atoms with van der Waals surface area (Å²) in [6.45, 7) is 3.88. The Kier molecular flexibility index (Phi) is 7.06. The maximum atomic E-state index is 12.1. The van der Waals surface area contributed by atoms with Crippen molar-refractivity contribution in [3.05, 3.63) is 38.9 Å². The maximum Gasteiger partial charge on any atom is 0.270 e. The zero-order valence-electron chi connectivity index (χ0n) is 12.2. The van der Waals surface area contributed by atoms with Crippen molar-refractivity contribution in [1.82, 2.24) is 10.6 Å². The molecule has 22 heavy (non-hydrogen) atoms. The van der Waals surface area contributed by atoms with Crippen molar-refractivity contribution in [2.24, 2.45) is 5.92 Å². The van der Waals surface area contributed by atoms with Gasteiger partial charge in [-0.2, -0.15) is 0 Å². The van der Waals surface area contributed by atoms with Crippen LogP contribution in [-0.4, -0.2) is 30.0 Å². The quantitative estimate of drug-likeness (QED) is 0.646. The number of benzene rings is 1. The van der Waals surface area contributed by atoms with E-state index in [2.05, 4.69) is 17.6 Å². The zero-order valence-corrected chi connectivity index (χ0v) is 13.7. The van der Waals surface area contributed by atoms with Gasteiger partial charge < -0.3 is 10.6 Å². The molecule has 2 atom stereocenters. The molecule has 2 N–H and O–H groups in total. The summed E-state index contributed by atoms with van der Waals surface area (Å²) in [5.74, 6) is 0.277. The molecule has 2 rings (SSSR count). The van der Waals surface area contributed by atoms with E-state index in [0.29, 0.717) is 11.5 Å². The number of nitrogens with one attached hydrogen (secondary N) is 2. The Hall–Kier alpha value is -1.37. The second-order valence-corrected chi connectivity index (χ2v) is 5.76. The van der Waals surface area contributed by atoms with E-state index in [0.717, 1.165) is 19.5 Å². The Labute approximate surface area is 140 Å². The molecule has 0 aliphatic carbocycles. The van der Waals surface area contributed by atoms with Gasteiger partial charge >= 0.3 is 0 Å². The van der Waals surface area contributed by atoms with Crippen LogP contribution in [0.3, 0.4) is 0 Å². The van der Waals surface area contributed by atoms with E-state index in [4.69, 9.17) is 11.6 Å². The van der Waals surface area contributed by atoms with Crippen LogP contribution in [0.4, 0.5) is 5.69 Å². The molecule has 8 heteroatoms. The maximum absolute atomic E-state index is 12.1. The van der Waals surface area contributed by atoms with Gasteiger partial charge in [0.1, 0.15) is 0 Å². The molecule has 0 bridgehead atoms. The topological polar surface area (TPSA) is 84.3 Å². The van der Waals surface area contributed by atoms with Gasteiger partial charge in [-0.25, -0.2) is 0 Å². The van der Waals surface area contributed by atoms with Gasteiger partial charge in [0.05, 0.1) is 16.4 Å². The highest BCUT2D eigenvalue weighted by atomic mass is 35.5. The monoisotopic (exact) mass is 347 g/mol. The van der Waals surface area contributed by atoms with Gasteiger partial charge in [0.25, 0.3) is 5.69 Å². The molecular weight excluding hydrogens is 329 g/mol. The van der Waals surface area contributed by atoms with E-state index in [-0.39, 0.29) is 41.5 Å². The first-order valence-corrected chi connectivity index (χ1v) is 7.28. The summed E-state index contributed by atoms with van der Waals surface area (Å²) < 4.78 is 0. The van der Waals surface area contributed by atoms with Gasteiger partial charge in [-0.3, -0.25) is 14.9 Å². The first-order chi connectivity index (χ1) is 9.97. The highest BCUT2D eigenvalue weighted by molar-refractivity contribution is 6.31. The number of halogens is 2. The van der Waals surface area contributed by atoms with Gasteiger partial charge in [-0.05, 0) is 31.0 Å². The lowest BCUT2D eigenvalue weighted by Gasteiger charge is -2.30. The Bertz CT molecular complexity index is 554. The van der Waals surface area contributed by atoms with Crippen LogP contribution in [0.2, 0.25) is 5.02 Å². The number of nitro groups is 1. The van der Waals surface area contributed by atoms with Crippen molar-refractivity contribution in [1.29, 1.82) is 0 Å². The molecule has 0 aromatic heterocycles. The number of piperidine rings is 1. The third-order valence-electron chi connectivity index (χ3n) is 3.73. The SMILES string of the molecule is CC1CNCCC1NC(=O)Cc1ccc([N+](=O)[O-])cc1Cl.Cl. The van der Waals surface area contributed by atoms with Crippen LogP contribution in [0.5, 0.6) is 0 Å². The molecule has 0 spiro atoms. The van der Waals surface area contributed by atoms with E-state index in [1.165, 1.54) is 18.2 Å². The Morgan fingerprint density at radius 2 is 2.27 bits per heavy atom. The van der Waals surface area contributed by atoms with Gasteiger partial charge in [0.2, 0.25) is 5.91 Å². The fourth-order valence-electron chi connectivity index (χ4n) is 2.45. The van der Waals surface area contributed by atoms with Crippen molar-refractivity contribution < 1.29 is 9.72 Å². The van der Waals surface area contributed by atoms with Crippen LogP contribution in [0, 0.1) is 16.0 Å². The summed E-state index contributed by atoms with van der Waals surface area (Å²) in [4.78, 5) is 22.2. The van der Waals surface area contributed by atoms with Gasteiger partial charge in [0, 0.05) is 18.2 Å². The Balaban J connectivity index is 0.00000242. The predicted molar refractivity (Wildman–Crippen MR) is 87.6 cm³/mol. The minimum Gasteiger partial charge on any atom is -0.353 e. The first kappa shape index (κ1) is 18.7. The summed E-state index contributed by atoms with van der Waals surface area (Å²) >= 11 is 5.99. The van der Waals surface area contributed by atoms with Crippen molar-refractivity contribution >= 4 is 35.6 Å².